The number of benzene rings is 1. The number of amides is 3. The molecule has 4 aliphatic rings. The van der Waals surface area contributed by atoms with E-state index in [1.54, 1.807) is 12.1 Å². The smallest absolute Gasteiger partial charge is 0.322 e. The van der Waals surface area contributed by atoms with E-state index in [9.17, 15) is 14.0 Å². The Morgan fingerprint density at radius 3 is 2.34 bits per heavy atom. The summed E-state index contributed by atoms with van der Waals surface area (Å²) in [5, 5.41) is 5.65. The summed E-state index contributed by atoms with van der Waals surface area (Å²) in [7, 11) is 3.27. The quantitative estimate of drug-likeness (QED) is 0.675. The van der Waals surface area contributed by atoms with Crippen molar-refractivity contribution in [3.63, 3.8) is 0 Å². The van der Waals surface area contributed by atoms with Gasteiger partial charge in [0.1, 0.15) is 6.54 Å². The number of carbonyl (C=O) groups is 2. The standard InChI is InChI=1S/C22H30FN3O3/c1-26(12-14-3-4-19(29-2)18(23)8-14)13-20(27)24-21(28)25-22-9-15-5-16(10-22)7-17(6-15)11-22/h3-4,8,15-17H,5-7,9-13H2,1-2H3,(H2,24,25,27,28)/p+1. The van der Waals surface area contributed by atoms with E-state index in [4.69, 9.17) is 4.74 Å². The molecule has 7 heteroatoms. The van der Waals surface area contributed by atoms with E-state index >= 15 is 0 Å². The molecule has 1 aromatic rings. The van der Waals surface area contributed by atoms with Crippen molar-refractivity contribution in [2.24, 2.45) is 17.8 Å². The molecule has 0 spiro atoms. The molecular weight excluding hydrogens is 373 g/mol. The highest BCUT2D eigenvalue weighted by Crippen LogP contribution is 2.55. The molecular formula is C22H31FN3O3+. The third-order valence-corrected chi connectivity index (χ3v) is 6.85. The molecule has 5 rings (SSSR count). The van der Waals surface area contributed by atoms with Gasteiger partial charge in [-0.15, -0.1) is 0 Å². The van der Waals surface area contributed by atoms with Gasteiger partial charge >= 0.3 is 6.03 Å². The zero-order valence-electron chi connectivity index (χ0n) is 17.2. The number of hydrogen-bond acceptors (Lipinski definition) is 3. The minimum Gasteiger partial charge on any atom is -0.494 e. The molecule has 0 aromatic heterocycles. The van der Waals surface area contributed by atoms with Gasteiger partial charge in [-0.25, -0.2) is 9.18 Å². The van der Waals surface area contributed by atoms with Gasteiger partial charge in [0, 0.05) is 11.1 Å². The van der Waals surface area contributed by atoms with Gasteiger partial charge in [0.15, 0.2) is 18.1 Å². The maximum absolute atomic E-state index is 13.8. The number of methoxy groups -OCH3 is 1. The molecule has 158 valence electrons. The summed E-state index contributed by atoms with van der Waals surface area (Å²) in [6, 6.07) is 4.40. The van der Waals surface area contributed by atoms with Crippen molar-refractivity contribution in [1.29, 1.82) is 0 Å². The molecule has 0 saturated heterocycles. The van der Waals surface area contributed by atoms with E-state index < -0.39 is 5.82 Å². The Bertz CT molecular complexity index is 762. The minimum absolute atomic E-state index is 0.113. The van der Waals surface area contributed by atoms with Gasteiger partial charge in [-0.3, -0.25) is 10.1 Å². The molecule has 1 atom stereocenters. The van der Waals surface area contributed by atoms with E-state index in [0.717, 1.165) is 47.5 Å². The van der Waals surface area contributed by atoms with Crippen molar-refractivity contribution >= 4 is 11.9 Å². The second-order valence-electron chi connectivity index (χ2n) is 9.48. The fraction of sp³-hybridized carbons (Fsp3) is 0.636. The summed E-state index contributed by atoms with van der Waals surface area (Å²) in [6.45, 7) is 0.618. The summed E-state index contributed by atoms with van der Waals surface area (Å²) in [5.74, 6) is 1.66. The fourth-order valence-electron chi connectivity index (χ4n) is 6.21. The fourth-order valence-corrected chi connectivity index (χ4v) is 6.21. The van der Waals surface area contributed by atoms with Gasteiger partial charge in [-0.2, -0.15) is 0 Å². The van der Waals surface area contributed by atoms with E-state index in [-0.39, 0.29) is 29.8 Å². The highest BCUT2D eigenvalue weighted by atomic mass is 19.1. The molecule has 3 amide bonds. The van der Waals surface area contributed by atoms with Gasteiger partial charge in [-0.05, 0) is 74.5 Å². The van der Waals surface area contributed by atoms with Crippen LogP contribution in [0.25, 0.3) is 0 Å². The first kappa shape index (κ1) is 20.1. The second-order valence-corrected chi connectivity index (χ2v) is 9.48. The molecule has 4 fully saturated rings. The van der Waals surface area contributed by atoms with Crippen molar-refractivity contribution in [1.82, 2.24) is 10.6 Å². The van der Waals surface area contributed by atoms with E-state index in [1.165, 1.54) is 32.4 Å². The first-order chi connectivity index (χ1) is 13.8. The third-order valence-electron chi connectivity index (χ3n) is 6.85. The number of ether oxygens (including phenoxy) is 1. The van der Waals surface area contributed by atoms with Gasteiger partial charge in [0.2, 0.25) is 0 Å². The summed E-state index contributed by atoms with van der Waals surface area (Å²) >= 11 is 0. The lowest BCUT2D eigenvalue weighted by atomic mass is 9.53. The monoisotopic (exact) mass is 404 g/mol. The average Bonchev–Trinajstić information content (AvgIpc) is 2.59. The van der Waals surface area contributed by atoms with Gasteiger partial charge < -0.3 is 15.0 Å². The average molecular weight is 405 g/mol. The van der Waals surface area contributed by atoms with Gasteiger partial charge in [0.05, 0.1) is 14.2 Å². The predicted octanol–water partition coefficient (Wildman–Crippen LogP) is 1.64. The lowest BCUT2D eigenvalue weighted by Crippen LogP contribution is -3.09. The number of rotatable bonds is 6. The third kappa shape index (κ3) is 4.55. The number of imide groups is 1. The Morgan fingerprint density at radius 2 is 1.79 bits per heavy atom. The highest BCUT2D eigenvalue weighted by molar-refractivity contribution is 5.95. The molecule has 4 aliphatic carbocycles. The van der Waals surface area contributed by atoms with Crippen LogP contribution in [-0.4, -0.2) is 38.2 Å². The van der Waals surface area contributed by atoms with Crippen LogP contribution in [0.4, 0.5) is 9.18 Å². The molecule has 0 heterocycles. The molecule has 1 aromatic carbocycles. The van der Waals surface area contributed by atoms with E-state index in [1.807, 2.05) is 7.05 Å². The van der Waals surface area contributed by atoms with Crippen LogP contribution in [0, 0.1) is 23.6 Å². The maximum Gasteiger partial charge on any atom is 0.322 e. The number of quaternary nitrogens is 1. The first-order valence-electron chi connectivity index (χ1n) is 10.6. The second kappa shape index (κ2) is 7.94. The summed E-state index contributed by atoms with van der Waals surface area (Å²) in [6.07, 6.45) is 7.07. The zero-order valence-corrected chi connectivity index (χ0v) is 17.2. The lowest BCUT2D eigenvalue weighted by molar-refractivity contribution is -0.885. The van der Waals surface area contributed by atoms with Crippen LogP contribution in [0.1, 0.15) is 44.1 Å². The van der Waals surface area contributed by atoms with Crippen molar-refractivity contribution in [3.05, 3.63) is 29.6 Å². The molecule has 29 heavy (non-hydrogen) atoms. The Morgan fingerprint density at radius 1 is 1.17 bits per heavy atom. The summed E-state index contributed by atoms with van der Waals surface area (Å²) < 4.78 is 18.7. The Balaban J connectivity index is 1.26. The van der Waals surface area contributed by atoms with Crippen LogP contribution in [-0.2, 0) is 11.3 Å². The number of nitrogens with one attached hydrogen (secondary N) is 3. The van der Waals surface area contributed by atoms with Crippen LogP contribution in [0.2, 0.25) is 0 Å². The Kier molecular flexibility index (Phi) is 5.51. The van der Waals surface area contributed by atoms with Crippen LogP contribution in [0.15, 0.2) is 18.2 Å². The van der Waals surface area contributed by atoms with Crippen molar-refractivity contribution in [3.8, 4) is 5.75 Å². The van der Waals surface area contributed by atoms with Crippen LogP contribution >= 0.6 is 0 Å². The van der Waals surface area contributed by atoms with Crippen LogP contribution in [0.3, 0.4) is 0 Å². The summed E-state index contributed by atoms with van der Waals surface area (Å²) in [5.41, 5.74) is 0.657. The van der Waals surface area contributed by atoms with Gasteiger partial charge in [0.25, 0.3) is 5.91 Å². The van der Waals surface area contributed by atoms with Gasteiger partial charge in [-0.1, -0.05) is 0 Å². The lowest BCUT2D eigenvalue weighted by Gasteiger charge is -2.56. The zero-order chi connectivity index (χ0) is 20.6. The Labute approximate surface area is 171 Å². The molecule has 4 bridgehead atoms. The molecule has 0 radical (unpaired) electrons. The van der Waals surface area contributed by atoms with Crippen molar-refractivity contribution in [2.45, 2.75) is 50.6 Å². The molecule has 6 nitrogen and oxygen atoms in total. The normalized spacial score (nSPS) is 30.7. The molecule has 0 aliphatic heterocycles. The summed E-state index contributed by atoms with van der Waals surface area (Å²) in [4.78, 5) is 25.7. The minimum atomic E-state index is -0.419. The number of likely N-dealkylation sites (N-methyl/N-ethyl adjacent to an activating group) is 1. The molecule has 1 unspecified atom stereocenters. The van der Waals surface area contributed by atoms with Crippen LogP contribution in [0.5, 0.6) is 5.75 Å². The number of hydrogen-bond donors (Lipinski definition) is 3. The van der Waals surface area contributed by atoms with E-state index in [0.29, 0.717) is 6.54 Å². The first-order valence-corrected chi connectivity index (χ1v) is 10.6. The number of halogens is 1. The molecule has 3 N–H and O–H groups in total. The Hall–Kier alpha value is -2.15. The maximum atomic E-state index is 13.8. The van der Waals surface area contributed by atoms with E-state index in [2.05, 4.69) is 10.6 Å². The SMILES string of the molecule is COc1ccc(C[NH+](C)CC(=O)NC(=O)NC23CC4CC(CC(C4)C2)C3)cc1F. The predicted molar refractivity (Wildman–Crippen MR) is 106 cm³/mol. The highest BCUT2D eigenvalue weighted by Gasteiger charge is 2.51. The van der Waals surface area contributed by atoms with Crippen LogP contribution < -0.4 is 20.3 Å². The topological polar surface area (TPSA) is 71.9 Å². The number of carbonyl (C=O) groups excluding carboxylic acids is 2. The molecule has 4 saturated carbocycles. The van der Waals surface area contributed by atoms with Crippen molar-refractivity contribution in [2.75, 3.05) is 20.7 Å². The van der Waals surface area contributed by atoms with Crippen molar-refractivity contribution < 1.29 is 23.6 Å². The number of urea groups is 1. The largest absolute Gasteiger partial charge is 0.494 e.